The average molecular weight is 513 g/mol. The lowest BCUT2D eigenvalue weighted by molar-refractivity contribution is 0.0803. The molecule has 1 saturated heterocycles. The number of sulfonamides is 1. The summed E-state index contributed by atoms with van der Waals surface area (Å²) in [5, 5.41) is 0. The molecule has 1 aromatic carbocycles. The second-order valence-corrected chi connectivity index (χ2v) is 9.61. The standard InChI is InChI=1S/C22H24N4O4S.2ClH/c1-31(29,30)24-18-7-5-16(6-8-18)22(28)17-9-12-25(13-10-17)15-20(27)19-14-23-21-4-2-3-11-26(19)21;;/h2-8,11,14,17,24H,9-10,12-13,15H2,1H3;2*1H. The number of Topliss-reactive ketones (excluding diaryl/α,β-unsaturated/α-hetero) is 2. The van der Waals surface area contributed by atoms with Crippen LogP contribution in [0, 0.1) is 5.92 Å². The lowest BCUT2D eigenvalue weighted by Crippen LogP contribution is -2.39. The van der Waals surface area contributed by atoms with Gasteiger partial charge in [0, 0.05) is 23.4 Å². The molecule has 1 aliphatic heterocycles. The van der Waals surface area contributed by atoms with Gasteiger partial charge < -0.3 is 0 Å². The lowest BCUT2D eigenvalue weighted by Gasteiger charge is -2.30. The van der Waals surface area contributed by atoms with Gasteiger partial charge in [-0.2, -0.15) is 0 Å². The first-order valence-corrected chi connectivity index (χ1v) is 12.0. The molecule has 3 aromatic rings. The maximum absolute atomic E-state index is 12.8. The quantitative estimate of drug-likeness (QED) is 0.487. The Kier molecular flexibility index (Phi) is 9.02. The van der Waals surface area contributed by atoms with Crippen molar-refractivity contribution in [3.8, 4) is 0 Å². The molecule has 0 unspecified atom stereocenters. The number of aromatic nitrogens is 2. The molecule has 1 fully saturated rings. The molecule has 178 valence electrons. The van der Waals surface area contributed by atoms with Gasteiger partial charge in [-0.05, 0) is 62.3 Å². The number of ketones is 2. The third-order valence-corrected chi connectivity index (χ3v) is 6.11. The highest BCUT2D eigenvalue weighted by Gasteiger charge is 2.27. The van der Waals surface area contributed by atoms with Gasteiger partial charge in [0.1, 0.15) is 11.3 Å². The number of pyridine rings is 1. The number of piperidine rings is 1. The molecule has 3 heterocycles. The fourth-order valence-corrected chi connectivity index (χ4v) is 4.49. The Morgan fingerprint density at radius 2 is 1.73 bits per heavy atom. The van der Waals surface area contributed by atoms with Crippen LogP contribution < -0.4 is 4.72 Å². The van der Waals surface area contributed by atoms with Gasteiger partial charge in [-0.15, -0.1) is 24.8 Å². The molecule has 0 bridgehead atoms. The second-order valence-electron chi connectivity index (χ2n) is 7.86. The molecule has 0 spiro atoms. The van der Waals surface area contributed by atoms with Crippen molar-refractivity contribution in [3.63, 3.8) is 0 Å². The van der Waals surface area contributed by atoms with Crippen LogP contribution in [-0.2, 0) is 10.0 Å². The van der Waals surface area contributed by atoms with Gasteiger partial charge in [0.15, 0.2) is 11.6 Å². The normalized spacial score (nSPS) is 14.8. The summed E-state index contributed by atoms with van der Waals surface area (Å²) in [5.41, 5.74) is 2.31. The first-order chi connectivity index (χ1) is 14.8. The van der Waals surface area contributed by atoms with Crippen molar-refractivity contribution in [1.82, 2.24) is 14.3 Å². The van der Waals surface area contributed by atoms with Crippen LogP contribution in [-0.4, -0.2) is 60.2 Å². The molecular formula is C22H26Cl2N4O4S. The summed E-state index contributed by atoms with van der Waals surface area (Å²) in [6.07, 6.45) is 5.89. The molecule has 1 aliphatic rings. The van der Waals surface area contributed by atoms with Gasteiger partial charge in [0.25, 0.3) is 0 Å². The molecule has 33 heavy (non-hydrogen) atoms. The maximum Gasteiger partial charge on any atom is 0.229 e. The molecule has 0 atom stereocenters. The molecule has 0 saturated carbocycles. The zero-order chi connectivity index (χ0) is 22.0. The number of rotatable bonds is 7. The van der Waals surface area contributed by atoms with Crippen LogP contribution in [0.4, 0.5) is 5.69 Å². The van der Waals surface area contributed by atoms with Crippen molar-refractivity contribution >= 4 is 57.7 Å². The number of carbonyl (C=O) groups is 2. The van der Waals surface area contributed by atoms with Crippen LogP contribution in [0.2, 0.25) is 0 Å². The zero-order valence-electron chi connectivity index (χ0n) is 18.0. The number of benzene rings is 1. The molecule has 0 aliphatic carbocycles. The van der Waals surface area contributed by atoms with E-state index >= 15 is 0 Å². The zero-order valence-corrected chi connectivity index (χ0v) is 20.5. The number of imidazole rings is 1. The SMILES string of the molecule is CS(=O)(=O)Nc1ccc(C(=O)C2CCN(CC(=O)c3cnc4ccccn34)CC2)cc1.Cl.Cl. The molecular weight excluding hydrogens is 487 g/mol. The summed E-state index contributed by atoms with van der Waals surface area (Å²) in [5.74, 6) is -0.0352. The number of fused-ring (bicyclic) bond motifs is 1. The van der Waals surface area contributed by atoms with Crippen molar-refractivity contribution in [3.05, 3.63) is 66.1 Å². The van der Waals surface area contributed by atoms with Crippen LogP contribution in [0.1, 0.15) is 33.7 Å². The van der Waals surface area contributed by atoms with Gasteiger partial charge in [0.2, 0.25) is 10.0 Å². The smallest absolute Gasteiger partial charge is 0.229 e. The second kappa shape index (κ2) is 11.1. The predicted octanol–water partition coefficient (Wildman–Crippen LogP) is 3.33. The van der Waals surface area contributed by atoms with Gasteiger partial charge in [0.05, 0.1) is 19.0 Å². The summed E-state index contributed by atoms with van der Waals surface area (Å²) in [4.78, 5) is 31.9. The van der Waals surface area contributed by atoms with Crippen molar-refractivity contribution < 1.29 is 18.0 Å². The van der Waals surface area contributed by atoms with Crippen LogP contribution in [0.15, 0.2) is 54.9 Å². The number of nitrogens with zero attached hydrogens (tertiary/aromatic N) is 3. The predicted molar refractivity (Wildman–Crippen MR) is 132 cm³/mol. The number of likely N-dealkylation sites (tertiary alicyclic amines) is 1. The molecule has 4 rings (SSSR count). The van der Waals surface area contributed by atoms with E-state index in [1.165, 1.54) is 0 Å². The summed E-state index contributed by atoms with van der Waals surface area (Å²) >= 11 is 0. The number of hydrogen-bond acceptors (Lipinski definition) is 6. The number of nitrogens with one attached hydrogen (secondary N) is 1. The molecule has 0 radical (unpaired) electrons. The number of hydrogen-bond donors (Lipinski definition) is 1. The van der Waals surface area contributed by atoms with Crippen LogP contribution in [0.3, 0.4) is 0 Å². The van der Waals surface area contributed by atoms with Gasteiger partial charge in [-0.1, -0.05) is 6.07 Å². The third-order valence-electron chi connectivity index (χ3n) is 5.50. The van der Waals surface area contributed by atoms with E-state index in [2.05, 4.69) is 14.6 Å². The van der Waals surface area contributed by atoms with E-state index in [0.717, 1.165) is 11.9 Å². The molecule has 11 heteroatoms. The minimum atomic E-state index is -3.35. The van der Waals surface area contributed by atoms with E-state index < -0.39 is 10.0 Å². The monoisotopic (exact) mass is 512 g/mol. The number of halogens is 2. The molecule has 8 nitrogen and oxygen atoms in total. The van der Waals surface area contributed by atoms with Crippen LogP contribution in [0.5, 0.6) is 0 Å². The highest BCUT2D eigenvalue weighted by atomic mass is 35.5. The van der Waals surface area contributed by atoms with E-state index in [9.17, 15) is 18.0 Å². The summed E-state index contributed by atoms with van der Waals surface area (Å²) in [6.45, 7) is 1.65. The average Bonchev–Trinajstić information content (AvgIpc) is 3.17. The van der Waals surface area contributed by atoms with Gasteiger partial charge in [-0.3, -0.25) is 23.6 Å². The molecule has 0 amide bonds. The van der Waals surface area contributed by atoms with E-state index in [1.54, 1.807) is 34.9 Å². The molecule has 2 aromatic heterocycles. The topological polar surface area (TPSA) is 101 Å². The van der Waals surface area contributed by atoms with Gasteiger partial charge >= 0.3 is 0 Å². The first-order valence-electron chi connectivity index (χ1n) is 10.1. The number of anilines is 1. The summed E-state index contributed by atoms with van der Waals surface area (Å²) < 4.78 is 26.8. The van der Waals surface area contributed by atoms with E-state index in [-0.39, 0.29) is 42.3 Å². The Bertz CT molecular complexity index is 1220. The fourth-order valence-electron chi connectivity index (χ4n) is 3.93. The Morgan fingerprint density at radius 3 is 2.36 bits per heavy atom. The Balaban J connectivity index is 0.00000193. The Hall–Kier alpha value is -2.46. The third kappa shape index (κ3) is 6.54. The van der Waals surface area contributed by atoms with Crippen molar-refractivity contribution in [2.24, 2.45) is 5.92 Å². The van der Waals surface area contributed by atoms with Crippen molar-refractivity contribution in [1.29, 1.82) is 0 Å². The van der Waals surface area contributed by atoms with E-state index in [4.69, 9.17) is 0 Å². The maximum atomic E-state index is 12.8. The highest BCUT2D eigenvalue weighted by molar-refractivity contribution is 7.92. The van der Waals surface area contributed by atoms with E-state index in [0.29, 0.717) is 49.4 Å². The Morgan fingerprint density at radius 1 is 1.06 bits per heavy atom. The Labute approximate surface area is 205 Å². The minimum absolute atomic E-state index is 0. The summed E-state index contributed by atoms with van der Waals surface area (Å²) in [7, 11) is -3.35. The van der Waals surface area contributed by atoms with Crippen molar-refractivity contribution in [2.45, 2.75) is 12.8 Å². The number of carbonyl (C=O) groups excluding carboxylic acids is 2. The van der Waals surface area contributed by atoms with E-state index in [1.807, 2.05) is 24.4 Å². The lowest BCUT2D eigenvalue weighted by atomic mass is 9.88. The summed E-state index contributed by atoms with van der Waals surface area (Å²) in [6, 6.07) is 12.1. The first kappa shape index (κ1) is 26.8. The largest absolute Gasteiger partial charge is 0.297 e. The minimum Gasteiger partial charge on any atom is -0.297 e. The van der Waals surface area contributed by atoms with Crippen LogP contribution >= 0.6 is 24.8 Å². The highest BCUT2D eigenvalue weighted by Crippen LogP contribution is 2.23. The van der Waals surface area contributed by atoms with Crippen molar-refractivity contribution in [2.75, 3.05) is 30.6 Å². The van der Waals surface area contributed by atoms with Gasteiger partial charge in [-0.25, -0.2) is 13.4 Å². The molecule has 1 N–H and O–H groups in total. The van der Waals surface area contributed by atoms with Crippen LogP contribution in [0.25, 0.3) is 5.65 Å². The fraction of sp³-hybridized carbons (Fsp3) is 0.318.